The summed E-state index contributed by atoms with van der Waals surface area (Å²) in [6, 6.07) is 5.59. The predicted molar refractivity (Wildman–Crippen MR) is 75.6 cm³/mol. The molecule has 0 spiro atoms. The van der Waals surface area contributed by atoms with E-state index in [0.29, 0.717) is 17.3 Å². The third-order valence-corrected chi connectivity index (χ3v) is 3.03. The van der Waals surface area contributed by atoms with Gasteiger partial charge in [0, 0.05) is 12.2 Å². The highest BCUT2D eigenvalue weighted by atomic mass is 35.5. The Morgan fingerprint density at radius 1 is 1.42 bits per heavy atom. The fourth-order valence-electron chi connectivity index (χ4n) is 1.78. The number of ether oxygens (including phenoxy) is 1. The van der Waals surface area contributed by atoms with Crippen molar-refractivity contribution in [2.75, 3.05) is 12.4 Å². The quantitative estimate of drug-likeness (QED) is 0.884. The molecule has 1 aromatic heterocycles. The molecule has 1 aromatic carbocycles. The molecule has 5 nitrogen and oxygen atoms in total. The molecule has 0 aliphatic carbocycles. The van der Waals surface area contributed by atoms with Gasteiger partial charge in [0.05, 0.1) is 18.7 Å². The molecule has 0 aliphatic heterocycles. The molecular formula is C13H17ClN4O. The van der Waals surface area contributed by atoms with Gasteiger partial charge in [0.1, 0.15) is 17.9 Å². The zero-order chi connectivity index (χ0) is 13.7. The van der Waals surface area contributed by atoms with E-state index in [-0.39, 0.29) is 0 Å². The molecule has 102 valence electrons. The molecule has 1 heterocycles. The predicted octanol–water partition coefficient (Wildman–Crippen LogP) is 2.96. The van der Waals surface area contributed by atoms with E-state index in [2.05, 4.69) is 22.3 Å². The van der Waals surface area contributed by atoms with Gasteiger partial charge in [-0.05, 0) is 24.6 Å². The van der Waals surface area contributed by atoms with Crippen LogP contribution in [0.15, 0.2) is 24.5 Å². The number of halogens is 1. The topological polar surface area (TPSA) is 52.0 Å². The van der Waals surface area contributed by atoms with Crippen LogP contribution in [0.5, 0.6) is 5.75 Å². The maximum absolute atomic E-state index is 6.07. The second-order valence-electron chi connectivity index (χ2n) is 4.10. The number of benzene rings is 1. The molecule has 0 fully saturated rings. The van der Waals surface area contributed by atoms with E-state index >= 15 is 0 Å². The van der Waals surface area contributed by atoms with E-state index in [1.54, 1.807) is 13.4 Å². The molecular weight excluding hydrogens is 264 g/mol. The number of aromatic nitrogens is 3. The Kier molecular flexibility index (Phi) is 4.63. The van der Waals surface area contributed by atoms with Crippen LogP contribution in [0.3, 0.4) is 0 Å². The second kappa shape index (κ2) is 6.43. The van der Waals surface area contributed by atoms with Crippen LogP contribution in [0, 0.1) is 0 Å². The van der Waals surface area contributed by atoms with Crippen LogP contribution < -0.4 is 10.1 Å². The first-order valence-corrected chi connectivity index (χ1v) is 6.56. The van der Waals surface area contributed by atoms with E-state index in [1.807, 2.05) is 22.9 Å². The lowest BCUT2D eigenvalue weighted by atomic mass is 10.3. The molecule has 0 radical (unpaired) electrons. The molecule has 0 amide bonds. The lowest BCUT2D eigenvalue weighted by Crippen LogP contribution is -2.10. The molecule has 6 heteroatoms. The largest absolute Gasteiger partial charge is 0.495 e. The van der Waals surface area contributed by atoms with Gasteiger partial charge in [-0.2, -0.15) is 5.10 Å². The average molecular weight is 281 g/mol. The Bertz CT molecular complexity index is 541. The van der Waals surface area contributed by atoms with E-state index < -0.39 is 0 Å². The Morgan fingerprint density at radius 3 is 2.95 bits per heavy atom. The Morgan fingerprint density at radius 2 is 2.26 bits per heavy atom. The highest BCUT2D eigenvalue weighted by molar-refractivity contribution is 6.32. The summed E-state index contributed by atoms with van der Waals surface area (Å²) in [6.45, 7) is 3.60. The van der Waals surface area contributed by atoms with Crippen molar-refractivity contribution in [2.24, 2.45) is 0 Å². The maximum Gasteiger partial charge on any atom is 0.146 e. The molecule has 2 rings (SSSR count). The Balaban J connectivity index is 2.02. The number of hydrogen-bond acceptors (Lipinski definition) is 4. The molecule has 19 heavy (non-hydrogen) atoms. The number of nitrogens with zero attached hydrogens (tertiary/aromatic N) is 3. The zero-order valence-corrected chi connectivity index (χ0v) is 11.8. The van der Waals surface area contributed by atoms with Crippen molar-refractivity contribution in [3.05, 3.63) is 35.4 Å². The summed E-state index contributed by atoms with van der Waals surface area (Å²) in [6.07, 6.45) is 2.61. The minimum atomic E-state index is 0.586. The maximum atomic E-state index is 6.07. The molecule has 0 saturated carbocycles. The molecule has 0 aliphatic rings. The van der Waals surface area contributed by atoms with Crippen molar-refractivity contribution < 1.29 is 4.74 Å². The van der Waals surface area contributed by atoms with E-state index in [4.69, 9.17) is 16.3 Å². The third kappa shape index (κ3) is 3.38. The highest BCUT2D eigenvalue weighted by Gasteiger charge is 2.05. The van der Waals surface area contributed by atoms with Crippen molar-refractivity contribution in [3.63, 3.8) is 0 Å². The normalized spacial score (nSPS) is 10.5. The number of anilines is 1. The van der Waals surface area contributed by atoms with E-state index in [9.17, 15) is 0 Å². The van der Waals surface area contributed by atoms with Crippen LogP contribution in [0.2, 0.25) is 5.02 Å². The van der Waals surface area contributed by atoms with Crippen LogP contribution >= 0.6 is 11.6 Å². The number of aryl methyl sites for hydroxylation is 1. The van der Waals surface area contributed by atoms with Gasteiger partial charge < -0.3 is 10.1 Å². The standard InChI is InChI=1S/C13H17ClN4O/c1-3-6-18-13(16-9-17-18)8-15-10-4-5-12(19-2)11(14)7-10/h4-5,7,9,15H,3,6,8H2,1-2H3. The smallest absolute Gasteiger partial charge is 0.146 e. The van der Waals surface area contributed by atoms with Gasteiger partial charge in [-0.15, -0.1) is 0 Å². The second-order valence-corrected chi connectivity index (χ2v) is 4.51. The number of nitrogens with one attached hydrogen (secondary N) is 1. The van der Waals surface area contributed by atoms with E-state index in [1.165, 1.54) is 0 Å². The van der Waals surface area contributed by atoms with Crippen molar-refractivity contribution in [1.29, 1.82) is 0 Å². The first kappa shape index (κ1) is 13.7. The molecule has 0 unspecified atom stereocenters. The van der Waals surface area contributed by atoms with Crippen molar-refractivity contribution in [2.45, 2.75) is 26.4 Å². The lowest BCUT2D eigenvalue weighted by Gasteiger charge is -2.09. The number of methoxy groups -OCH3 is 1. The summed E-state index contributed by atoms with van der Waals surface area (Å²) in [4.78, 5) is 4.24. The van der Waals surface area contributed by atoms with E-state index in [0.717, 1.165) is 24.5 Å². The van der Waals surface area contributed by atoms with Crippen molar-refractivity contribution in [3.8, 4) is 5.75 Å². The molecule has 1 N–H and O–H groups in total. The fourth-order valence-corrected chi connectivity index (χ4v) is 2.04. The summed E-state index contributed by atoms with van der Waals surface area (Å²) >= 11 is 6.07. The SMILES string of the molecule is CCCn1ncnc1CNc1ccc(OC)c(Cl)c1. The van der Waals surface area contributed by atoms with Crippen LogP contribution in [0.1, 0.15) is 19.2 Å². The van der Waals surface area contributed by atoms with Gasteiger partial charge in [0.15, 0.2) is 0 Å². The average Bonchev–Trinajstić information content (AvgIpc) is 2.84. The van der Waals surface area contributed by atoms with Crippen LogP contribution in [-0.4, -0.2) is 21.9 Å². The number of rotatable bonds is 6. The summed E-state index contributed by atoms with van der Waals surface area (Å²) in [5, 5.41) is 8.04. The molecule has 0 saturated heterocycles. The monoisotopic (exact) mass is 280 g/mol. The first-order valence-electron chi connectivity index (χ1n) is 6.18. The summed E-state index contributed by atoms with van der Waals surface area (Å²) in [5.74, 6) is 1.58. The highest BCUT2D eigenvalue weighted by Crippen LogP contribution is 2.27. The minimum absolute atomic E-state index is 0.586. The fraction of sp³-hybridized carbons (Fsp3) is 0.385. The molecule has 2 aromatic rings. The number of hydrogen-bond donors (Lipinski definition) is 1. The van der Waals surface area contributed by atoms with Gasteiger partial charge in [-0.1, -0.05) is 18.5 Å². The van der Waals surface area contributed by atoms with Crippen LogP contribution in [0.4, 0.5) is 5.69 Å². The van der Waals surface area contributed by atoms with Crippen molar-refractivity contribution >= 4 is 17.3 Å². The third-order valence-electron chi connectivity index (χ3n) is 2.73. The lowest BCUT2D eigenvalue weighted by molar-refractivity contribution is 0.415. The molecule has 0 atom stereocenters. The molecule has 0 bridgehead atoms. The van der Waals surface area contributed by atoms with Gasteiger partial charge >= 0.3 is 0 Å². The van der Waals surface area contributed by atoms with Gasteiger partial charge in [-0.25, -0.2) is 9.67 Å². The summed E-state index contributed by atoms with van der Waals surface area (Å²) in [5.41, 5.74) is 0.928. The van der Waals surface area contributed by atoms with Gasteiger partial charge in [-0.3, -0.25) is 0 Å². The van der Waals surface area contributed by atoms with Crippen LogP contribution in [0.25, 0.3) is 0 Å². The Labute approximate surface area is 117 Å². The zero-order valence-electron chi connectivity index (χ0n) is 11.1. The summed E-state index contributed by atoms with van der Waals surface area (Å²) < 4.78 is 7.02. The first-order chi connectivity index (χ1) is 9.24. The van der Waals surface area contributed by atoms with Crippen molar-refractivity contribution in [1.82, 2.24) is 14.8 Å². The minimum Gasteiger partial charge on any atom is -0.495 e. The van der Waals surface area contributed by atoms with Gasteiger partial charge in [0.25, 0.3) is 0 Å². The Hall–Kier alpha value is -1.75. The van der Waals surface area contributed by atoms with Crippen LogP contribution in [-0.2, 0) is 13.1 Å². The summed E-state index contributed by atoms with van der Waals surface area (Å²) in [7, 11) is 1.60. The van der Waals surface area contributed by atoms with Gasteiger partial charge in [0.2, 0.25) is 0 Å².